The molecule has 1 fully saturated rings. The van der Waals surface area contributed by atoms with Crippen molar-refractivity contribution in [3.63, 3.8) is 0 Å². The molecule has 1 rings (SSSR count). The number of hydrogen-bond donors (Lipinski definition) is 0. The predicted molar refractivity (Wildman–Crippen MR) is 49.4 cm³/mol. The molecule has 2 nitrogen and oxygen atoms in total. The van der Waals surface area contributed by atoms with E-state index < -0.39 is 24.1 Å². The van der Waals surface area contributed by atoms with Crippen LogP contribution in [0.5, 0.6) is 0 Å². The van der Waals surface area contributed by atoms with Gasteiger partial charge in [-0.15, -0.1) is 0 Å². The normalized spacial score (nSPS) is 28.1. The molecule has 0 aromatic rings. The standard InChI is InChI=1S/C10H16F4O2/c1-15-9(11,12)7-4-3-5-8(6-7)10(13,14)16-2/h7-8H,3-6H2,1-2H3. The molecule has 6 heteroatoms. The lowest BCUT2D eigenvalue weighted by atomic mass is 9.80. The van der Waals surface area contributed by atoms with Crippen LogP contribution in [0.1, 0.15) is 25.7 Å². The Morgan fingerprint density at radius 2 is 1.25 bits per heavy atom. The second-order valence-electron chi connectivity index (χ2n) is 4.09. The summed E-state index contributed by atoms with van der Waals surface area (Å²) in [5, 5.41) is 0. The van der Waals surface area contributed by atoms with Crippen LogP contribution in [0, 0.1) is 11.8 Å². The zero-order chi connectivity index (χ0) is 12.4. The lowest BCUT2D eigenvalue weighted by molar-refractivity contribution is -0.294. The summed E-state index contributed by atoms with van der Waals surface area (Å²) in [5.41, 5.74) is 0. The molecule has 1 saturated carbocycles. The highest BCUT2D eigenvalue weighted by Gasteiger charge is 2.49. The number of hydrogen-bond acceptors (Lipinski definition) is 2. The molecule has 0 aromatic heterocycles. The van der Waals surface area contributed by atoms with E-state index in [-0.39, 0.29) is 19.3 Å². The largest absolute Gasteiger partial charge is 0.358 e. The first-order chi connectivity index (χ1) is 7.33. The monoisotopic (exact) mass is 244 g/mol. The lowest BCUT2D eigenvalue weighted by Gasteiger charge is -2.35. The summed E-state index contributed by atoms with van der Waals surface area (Å²) in [5.74, 6) is -2.31. The van der Waals surface area contributed by atoms with E-state index in [1.165, 1.54) is 0 Å². The molecule has 0 aromatic carbocycles. The van der Waals surface area contributed by atoms with Crippen molar-refractivity contribution in [2.45, 2.75) is 37.9 Å². The average molecular weight is 244 g/mol. The van der Waals surface area contributed by atoms with Gasteiger partial charge in [0.15, 0.2) is 0 Å². The minimum atomic E-state index is -3.33. The highest BCUT2D eigenvalue weighted by molar-refractivity contribution is 4.82. The Bertz CT molecular complexity index is 211. The van der Waals surface area contributed by atoms with E-state index in [0.29, 0.717) is 6.42 Å². The van der Waals surface area contributed by atoms with E-state index in [1.807, 2.05) is 0 Å². The molecule has 2 atom stereocenters. The molecular formula is C10H16F4O2. The van der Waals surface area contributed by atoms with Gasteiger partial charge in [0.25, 0.3) is 0 Å². The molecule has 0 aliphatic heterocycles. The maximum absolute atomic E-state index is 13.2. The summed E-state index contributed by atoms with van der Waals surface area (Å²) in [6, 6.07) is 0. The average Bonchev–Trinajstić information content (AvgIpc) is 2.29. The highest BCUT2D eigenvalue weighted by Crippen LogP contribution is 2.44. The Morgan fingerprint density at radius 3 is 1.56 bits per heavy atom. The van der Waals surface area contributed by atoms with E-state index in [9.17, 15) is 17.6 Å². The summed E-state index contributed by atoms with van der Waals surface area (Å²) in [6.07, 6.45) is -6.19. The maximum atomic E-state index is 13.2. The zero-order valence-electron chi connectivity index (χ0n) is 9.31. The Morgan fingerprint density at radius 1 is 0.875 bits per heavy atom. The molecule has 0 spiro atoms. The Labute approximate surface area is 91.9 Å². The van der Waals surface area contributed by atoms with Crippen molar-refractivity contribution >= 4 is 0 Å². The van der Waals surface area contributed by atoms with Gasteiger partial charge in [-0.1, -0.05) is 6.42 Å². The molecule has 0 heterocycles. The zero-order valence-corrected chi connectivity index (χ0v) is 9.31. The van der Waals surface area contributed by atoms with Crippen LogP contribution in [0.3, 0.4) is 0 Å². The Kier molecular flexibility index (Phi) is 4.17. The van der Waals surface area contributed by atoms with Crippen LogP contribution in [-0.2, 0) is 9.47 Å². The van der Waals surface area contributed by atoms with Gasteiger partial charge in [-0.05, 0) is 19.3 Å². The molecule has 0 amide bonds. The number of ether oxygens (including phenoxy) is 2. The molecule has 0 saturated heterocycles. The van der Waals surface area contributed by atoms with Crippen molar-refractivity contribution in [1.29, 1.82) is 0 Å². The van der Waals surface area contributed by atoms with Crippen LogP contribution in [-0.4, -0.2) is 26.4 Å². The number of alkyl halides is 4. The van der Waals surface area contributed by atoms with Crippen molar-refractivity contribution in [3.05, 3.63) is 0 Å². The predicted octanol–water partition coefficient (Wildman–Crippen LogP) is 3.27. The van der Waals surface area contributed by atoms with Gasteiger partial charge in [-0.2, -0.15) is 17.6 Å². The molecule has 96 valence electrons. The summed E-state index contributed by atoms with van der Waals surface area (Å²) < 4.78 is 60.9. The van der Waals surface area contributed by atoms with E-state index in [0.717, 1.165) is 14.2 Å². The summed E-state index contributed by atoms with van der Waals surface area (Å²) in [4.78, 5) is 0. The fraction of sp³-hybridized carbons (Fsp3) is 1.00. The van der Waals surface area contributed by atoms with Gasteiger partial charge in [0.05, 0.1) is 11.8 Å². The first-order valence-electron chi connectivity index (χ1n) is 5.19. The summed E-state index contributed by atoms with van der Waals surface area (Å²) in [7, 11) is 1.77. The minimum Gasteiger partial charge on any atom is -0.324 e. The molecule has 1 aliphatic carbocycles. The fourth-order valence-electron chi connectivity index (χ4n) is 2.13. The van der Waals surface area contributed by atoms with Crippen molar-refractivity contribution in [1.82, 2.24) is 0 Å². The van der Waals surface area contributed by atoms with Crippen LogP contribution in [0.4, 0.5) is 17.6 Å². The SMILES string of the molecule is COC(F)(F)C1CCCC(C(F)(F)OC)C1. The summed E-state index contributed by atoms with van der Waals surface area (Å²) in [6.45, 7) is 0. The minimum absolute atomic E-state index is 0.205. The van der Waals surface area contributed by atoms with E-state index in [4.69, 9.17) is 0 Å². The Balaban J connectivity index is 2.67. The van der Waals surface area contributed by atoms with Crippen LogP contribution < -0.4 is 0 Å². The molecule has 2 unspecified atom stereocenters. The maximum Gasteiger partial charge on any atom is 0.358 e. The van der Waals surface area contributed by atoms with Gasteiger partial charge in [-0.25, -0.2) is 0 Å². The van der Waals surface area contributed by atoms with Gasteiger partial charge in [0, 0.05) is 14.2 Å². The fourth-order valence-corrected chi connectivity index (χ4v) is 2.13. The molecule has 1 aliphatic rings. The quantitative estimate of drug-likeness (QED) is 0.706. The first-order valence-corrected chi connectivity index (χ1v) is 5.19. The van der Waals surface area contributed by atoms with Gasteiger partial charge in [-0.3, -0.25) is 0 Å². The summed E-state index contributed by atoms with van der Waals surface area (Å²) >= 11 is 0. The number of methoxy groups -OCH3 is 2. The third kappa shape index (κ3) is 2.85. The van der Waals surface area contributed by atoms with E-state index >= 15 is 0 Å². The molecular weight excluding hydrogens is 228 g/mol. The van der Waals surface area contributed by atoms with Crippen LogP contribution >= 0.6 is 0 Å². The highest BCUT2D eigenvalue weighted by atomic mass is 19.3. The van der Waals surface area contributed by atoms with Crippen LogP contribution in [0.15, 0.2) is 0 Å². The number of rotatable bonds is 4. The number of halogens is 4. The van der Waals surface area contributed by atoms with E-state index in [1.54, 1.807) is 0 Å². The Hall–Kier alpha value is -0.360. The molecule has 0 N–H and O–H groups in total. The second kappa shape index (κ2) is 4.87. The van der Waals surface area contributed by atoms with E-state index in [2.05, 4.69) is 9.47 Å². The van der Waals surface area contributed by atoms with Gasteiger partial charge in [0.1, 0.15) is 0 Å². The smallest absolute Gasteiger partial charge is 0.324 e. The van der Waals surface area contributed by atoms with Crippen LogP contribution in [0.2, 0.25) is 0 Å². The topological polar surface area (TPSA) is 18.5 Å². The van der Waals surface area contributed by atoms with Crippen molar-refractivity contribution in [3.8, 4) is 0 Å². The molecule has 16 heavy (non-hydrogen) atoms. The van der Waals surface area contributed by atoms with Gasteiger partial charge < -0.3 is 9.47 Å². The molecule has 0 bridgehead atoms. The second-order valence-corrected chi connectivity index (χ2v) is 4.09. The third-order valence-electron chi connectivity index (χ3n) is 3.17. The van der Waals surface area contributed by atoms with Gasteiger partial charge in [0.2, 0.25) is 0 Å². The van der Waals surface area contributed by atoms with Crippen molar-refractivity contribution in [2.75, 3.05) is 14.2 Å². The first kappa shape index (κ1) is 13.7. The van der Waals surface area contributed by atoms with Crippen molar-refractivity contribution < 1.29 is 27.0 Å². The third-order valence-corrected chi connectivity index (χ3v) is 3.17. The van der Waals surface area contributed by atoms with Gasteiger partial charge >= 0.3 is 12.2 Å². The van der Waals surface area contributed by atoms with Crippen LogP contribution in [0.25, 0.3) is 0 Å². The van der Waals surface area contributed by atoms with Crippen molar-refractivity contribution in [2.24, 2.45) is 11.8 Å². The lowest BCUT2D eigenvalue weighted by Crippen LogP contribution is -2.40. The molecule has 0 radical (unpaired) electrons.